The average Bonchev–Trinajstić information content (AvgIpc) is 2.69. The average molecular weight is 363 g/mol. The van der Waals surface area contributed by atoms with Crippen LogP contribution in [0.25, 0.3) is 0 Å². The molecule has 9 nitrogen and oxygen atoms in total. The lowest BCUT2D eigenvalue weighted by atomic mass is 9.84. The van der Waals surface area contributed by atoms with Crippen molar-refractivity contribution in [3.8, 4) is 0 Å². The Balaban J connectivity index is 1.95. The number of ether oxygens (including phenoxy) is 1. The number of amides is 2. The van der Waals surface area contributed by atoms with Crippen LogP contribution in [-0.4, -0.2) is 53.9 Å². The first-order valence-electron chi connectivity index (χ1n) is 8.76. The van der Waals surface area contributed by atoms with Crippen LogP contribution in [0, 0.1) is 5.92 Å². The van der Waals surface area contributed by atoms with Gasteiger partial charge in [0.25, 0.3) is 5.78 Å². The molecule has 3 N–H and O–H groups in total. The van der Waals surface area contributed by atoms with Gasteiger partial charge in [0.05, 0.1) is 12.8 Å². The van der Waals surface area contributed by atoms with E-state index in [-0.39, 0.29) is 17.5 Å². The number of hydrogen-bond acceptors (Lipinski definition) is 7. The number of nitrogens with one attached hydrogen (secondary N) is 3. The second-order valence-corrected chi connectivity index (χ2v) is 6.18. The lowest BCUT2D eigenvalue weighted by molar-refractivity contribution is -0.126. The maximum atomic E-state index is 12.5. The van der Waals surface area contributed by atoms with E-state index >= 15 is 0 Å². The number of carbonyl (C=O) groups excluding carboxylic acids is 3. The first-order chi connectivity index (χ1) is 12.6. The number of methoxy groups -OCH3 is 1. The van der Waals surface area contributed by atoms with Gasteiger partial charge in [0.1, 0.15) is 11.7 Å². The maximum absolute atomic E-state index is 12.5. The standard InChI is InChI=1S/C17H25N5O4/c1-26-10-9-20-16(24)14(12-5-3-2-4-6-12)21-22-17(25)15(23)13-11-18-7-8-19-13/h7-8,11-12,14,21H,2-6,9-10H2,1H3,(H,20,24)(H,22,25). The SMILES string of the molecule is COCCNC(=O)C(NNC(=O)C(=O)c1cnccn1)C1CCCCC1. The van der Waals surface area contributed by atoms with Crippen molar-refractivity contribution >= 4 is 17.6 Å². The van der Waals surface area contributed by atoms with Gasteiger partial charge in [-0.05, 0) is 18.8 Å². The highest BCUT2D eigenvalue weighted by Crippen LogP contribution is 2.26. The van der Waals surface area contributed by atoms with E-state index in [4.69, 9.17) is 4.74 Å². The maximum Gasteiger partial charge on any atom is 0.308 e. The van der Waals surface area contributed by atoms with Crippen LogP contribution >= 0.6 is 0 Å². The molecule has 1 aromatic rings. The van der Waals surface area contributed by atoms with E-state index in [1.54, 1.807) is 7.11 Å². The molecular formula is C17H25N5O4. The fraction of sp³-hybridized carbons (Fsp3) is 0.588. The number of ketones is 1. The Morgan fingerprint density at radius 1 is 1.23 bits per heavy atom. The summed E-state index contributed by atoms with van der Waals surface area (Å²) in [5.41, 5.74) is 5.05. The van der Waals surface area contributed by atoms with E-state index in [0.717, 1.165) is 32.1 Å². The molecule has 0 bridgehead atoms. The molecule has 0 spiro atoms. The van der Waals surface area contributed by atoms with Gasteiger partial charge in [-0.15, -0.1) is 0 Å². The second kappa shape index (κ2) is 10.6. The molecule has 1 atom stereocenters. The zero-order valence-corrected chi connectivity index (χ0v) is 14.9. The molecule has 2 rings (SSSR count). The molecule has 9 heteroatoms. The van der Waals surface area contributed by atoms with E-state index in [9.17, 15) is 14.4 Å². The van der Waals surface area contributed by atoms with E-state index in [1.165, 1.54) is 18.6 Å². The Bertz CT molecular complexity index is 604. The summed E-state index contributed by atoms with van der Waals surface area (Å²) in [7, 11) is 1.56. The summed E-state index contributed by atoms with van der Waals surface area (Å²) in [6.07, 6.45) is 8.98. The lowest BCUT2D eigenvalue weighted by Gasteiger charge is -2.30. The fourth-order valence-corrected chi connectivity index (χ4v) is 2.98. The normalized spacial score (nSPS) is 15.9. The third-order valence-electron chi connectivity index (χ3n) is 4.35. The van der Waals surface area contributed by atoms with Crippen molar-refractivity contribution in [2.75, 3.05) is 20.3 Å². The molecule has 1 unspecified atom stereocenters. The molecule has 1 fully saturated rings. The number of nitrogens with zero attached hydrogens (tertiary/aromatic N) is 2. The van der Waals surface area contributed by atoms with Crippen LogP contribution in [0.3, 0.4) is 0 Å². The van der Waals surface area contributed by atoms with E-state index < -0.39 is 17.7 Å². The molecule has 1 saturated carbocycles. The van der Waals surface area contributed by atoms with Crippen molar-refractivity contribution in [3.63, 3.8) is 0 Å². The third kappa shape index (κ3) is 5.85. The number of hydrogen-bond donors (Lipinski definition) is 3. The molecule has 1 aliphatic carbocycles. The van der Waals surface area contributed by atoms with Crippen LogP contribution in [0.15, 0.2) is 18.6 Å². The van der Waals surface area contributed by atoms with Gasteiger partial charge in [0.15, 0.2) is 0 Å². The highest BCUT2D eigenvalue weighted by atomic mass is 16.5. The molecule has 1 heterocycles. The largest absolute Gasteiger partial charge is 0.383 e. The number of aromatic nitrogens is 2. The predicted molar refractivity (Wildman–Crippen MR) is 92.9 cm³/mol. The van der Waals surface area contributed by atoms with Crippen molar-refractivity contribution in [3.05, 3.63) is 24.3 Å². The molecule has 2 amide bonds. The van der Waals surface area contributed by atoms with Gasteiger partial charge >= 0.3 is 5.91 Å². The second-order valence-electron chi connectivity index (χ2n) is 6.18. The topological polar surface area (TPSA) is 122 Å². The van der Waals surface area contributed by atoms with Crippen LogP contribution in [0.4, 0.5) is 0 Å². The predicted octanol–water partition coefficient (Wildman–Crippen LogP) is -0.00840. The molecule has 1 aromatic heterocycles. The Morgan fingerprint density at radius 3 is 2.65 bits per heavy atom. The van der Waals surface area contributed by atoms with Gasteiger partial charge in [-0.25, -0.2) is 10.4 Å². The fourth-order valence-electron chi connectivity index (χ4n) is 2.98. The van der Waals surface area contributed by atoms with Gasteiger partial charge in [-0.2, -0.15) is 0 Å². The first kappa shape index (κ1) is 19.9. The van der Waals surface area contributed by atoms with Crippen LogP contribution in [0.2, 0.25) is 0 Å². The summed E-state index contributed by atoms with van der Waals surface area (Å²) in [6.45, 7) is 0.785. The van der Waals surface area contributed by atoms with Crippen molar-refractivity contribution < 1.29 is 19.1 Å². The van der Waals surface area contributed by atoms with Crippen molar-refractivity contribution in [1.82, 2.24) is 26.1 Å². The zero-order chi connectivity index (χ0) is 18.8. The van der Waals surface area contributed by atoms with Gasteiger partial charge in [-0.3, -0.25) is 24.8 Å². The van der Waals surface area contributed by atoms with Gasteiger partial charge in [-0.1, -0.05) is 19.3 Å². The third-order valence-corrected chi connectivity index (χ3v) is 4.35. The smallest absolute Gasteiger partial charge is 0.308 e. The summed E-state index contributed by atoms with van der Waals surface area (Å²) >= 11 is 0. The Labute approximate surface area is 152 Å². The quantitative estimate of drug-likeness (QED) is 0.244. The van der Waals surface area contributed by atoms with Crippen molar-refractivity contribution in [2.24, 2.45) is 5.92 Å². The minimum Gasteiger partial charge on any atom is -0.383 e. The number of rotatable bonds is 9. The van der Waals surface area contributed by atoms with Gasteiger partial charge in [0.2, 0.25) is 5.91 Å². The van der Waals surface area contributed by atoms with Crippen LogP contribution < -0.4 is 16.2 Å². The molecule has 0 aliphatic heterocycles. The highest BCUT2D eigenvalue weighted by Gasteiger charge is 2.30. The van der Waals surface area contributed by atoms with Gasteiger partial charge < -0.3 is 10.1 Å². The number of hydrazine groups is 1. The molecule has 1 aliphatic rings. The molecule has 0 saturated heterocycles. The minimum absolute atomic E-state index is 0.0504. The van der Waals surface area contributed by atoms with Crippen molar-refractivity contribution in [1.29, 1.82) is 0 Å². The van der Waals surface area contributed by atoms with Crippen LogP contribution in [-0.2, 0) is 14.3 Å². The molecule has 0 radical (unpaired) electrons. The summed E-state index contributed by atoms with van der Waals surface area (Å²) < 4.78 is 4.93. The number of carbonyl (C=O) groups is 3. The number of Topliss-reactive ketones (excluding diaryl/α,β-unsaturated/α-hetero) is 1. The van der Waals surface area contributed by atoms with Gasteiger partial charge in [0, 0.05) is 26.0 Å². The first-order valence-corrected chi connectivity index (χ1v) is 8.76. The monoisotopic (exact) mass is 363 g/mol. The van der Waals surface area contributed by atoms with E-state index in [1.807, 2.05) is 0 Å². The Kier molecular flexibility index (Phi) is 8.10. The summed E-state index contributed by atoms with van der Waals surface area (Å²) in [5, 5.41) is 2.78. The van der Waals surface area contributed by atoms with E-state index in [0.29, 0.717) is 13.2 Å². The highest BCUT2D eigenvalue weighted by molar-refractivity contribution is 6.42. The van der Waals surface area contributed by atoms with Crippen LogP contribution in [0.5, 0.6) is 0 Å². The Hall–Kier alpha value is -2.39. The lowest BCUT2D eigenvalue weighted by Crippen LogP contribution is -2.56. The zero-order valence-electron chi connectivity index (χ0n) is 14.9. The Morgan fingerprint density at radius 2 is 2.00 bits per heavy atom. The summed E-state index contributed by atoms with van der Waals surface area (Å²) in [4.78, 5) is 44.2. The van der Waals surface area contributed by atoms with Crippen LogP contribution in [0.1, 0.15) is 42.6 Å². The van der Waals surface area contributed by atoms with Crippen molar-refractivity contribution in [2.45, 2.75) is 38.1 Å². The summed E-state index contributed by atoms with van der Waals surface area (Å²) in [5.74, 6) is -1.82. The summed E-state index contributed by atoms with van der Waals surface area (Å²) in [6, 6.07) is -0.606. The molecule has 142 valence electrons. The molecular weight excluding hydrogens is 338 g/mol. The van der Waals surface area contributed by atoms with E-state index in [2.05, 4.69) is 26.1 Å². The molecule has 0 aromatic carbocycles. The molecule has 26 heavy (non-hydrogen) atoms. The minimum atomic E-state index is -0.879.